The van der Waals surface area contributed by atoms with Gasteiger partial charge in [-0.05, 0) is 80.5 Å². The van der Waals surface area contributed by atoms with Crippen LogP contribution in [0.2, 0.25) is 0 Å². The Morgan fingerprint density at radius 2 is 1.68 bits per heavy atom. The number of aryl methyl sites for hydroxylation is 1. The van der Waals surface area contributed by atoms with Crippen molar-refractivity contribution in [1.82, 2.24) is 0 Å². The lowest BCUT2D eigenvalue weighted by atomic mass is 9.86. The zero-order valence-corrected chi connectivity index (χ0v) is 23.9. The van der Waals surface area contributed by atoms with Gasteiger partial charge in [0.25, 0.3) is 0 Å². The van der Waals surface area contributed by atoms with E-state index in [-0.39, 0.29) is 18.1 Å². The fourth-order valence-corrected chi connectivity index (χ4v) is 4.46. The highest BCUT2D eigenvalue weighted by Crippen LogP contribution is 2.26. The third-order valence-corrected chi connectivity index (χ3v) is 7.05. The summed E-state index contributed by atoms with van der Waals surface area (Å²) < 4.78 is 27.2. The van der Waals surface area contributed by atoms with Crippen LogP contribution in [0.4, 0.5) is 20.2 Å². The van der Waals surface area contributed by atoms with E-state index in [9.17, 15) is 18.4 Å². The smallest absolute Gasteiger partial charge is 0.228 e. The number of thioether (sulfide) groups is 1. The van der Waals surface area contributed by atoms with Gasteiger partial charge in [0.05, 0.1) is 6.42 Å². The molecule has 3 rings (SSSR count). The van der Waals surface area contributed by atoms with Crippen molar-refractivity contribution in [2.24, 2.45) is 0 Å². The zero-order valence-electron chi connectivity index (χ0n) is 23.1. The molecule has 0 aliphatic carbocycles. The van der Waals surface area contributed by atoms with Crippen LogP contribution in [0.5, 0.6) is 0 Å². The molecule has 4 nitrogen and oxygen atoms in total. The number of carbonyl (C=O) groups excluding carboxylic acids is 2. The Balaban J connectivity index is 0.000000328. The van der Waals surface area contributed by atoms with Crippen molar-refractivity contribution in [3.8, 4) is 0 Å². The van der Waals surface area contributed by atoms with Gasteiger partial charge in [-0.2, -0.15) is 0 Å². The molecule has 0 aromatic heterocycles. The van der Waals surface area contributed by atoms with Gasteiger partial charge >= 0.3 is 0 Å². The molecular weight excluding hydrogens is 502 g/mol. The van der Waals surface area contributed by atoms with Crippen molar-refractivity contribution in [1.29, 1.82) is 0 Å². The number of nitrogens with one attached hydrogen (secondary N) is 1. The summed E-state index contributed by atoms with van der Waals surface area (Å²) in [7, 11) is 1.98. The molecule has 0 heterocycles. The van der Waals surface area contributed by atoms with Crippen LogP contribution in [0.1, 0.15) is 51.3 Å². The number of carbonyl (C=O) groups is 2. The minimum Gasteiger partial charge on any atom is -0.375 e. The standard InChI is InChI=1S/C20H22FNO2S.C11H16FN/c1-4-25-16-8-5-14(6-9-16)11-19(24)22-15-7-10-17(18(21)12-15)20(2,3)13-23;1-4-9-6-7-10(12)8-11(9)13(3)5-2/h5-10,12-13H,4,11H2,1-3H3,(H,22,24);6-8H,4-5H2,1-3H3. The maximum atomic E-state index is 14.2. The summed E-state index contributed by atoms with van der Waals surface area (Å²) in [5.74, 6) is 0.128. The summed E-state index contributed by atoms with van der Waals surface area (Å²) in [5.41, 5.74) is 2.90. The van der Waals surface area contributed by atoms with Crippen LogP contribution >= 0.6 is 11.8 Å². The van der Waals surface area contributed by atoms with Gasteiger partial charge in [-0.25, -0.2) is 8.78 Å². The van der Waals surface area contributed by atoms with E-state index in [1.807, 2.05) is 37.4 Å². The molecule has 0 spiro atoms. The summed E-state index contributed by atoms with van der Waals surface area (Å²) in [6, 6.07) is 17.2. The fourth-order valence-electron chi connectivity index (χ4n) is 3.80. The van der Waals surface area contributed by atoms with E-state index in [4.69, 9.17) is 0 Å². The van der Waals surface area contributed by atoms with Gasteiger partial charge in [0.1, 0.15) is 17.9 Å². The molecule has 3 aromatic rings. The van der Waals surface area contributed by atoms with Crippen molar-refractivity contribution in [3.63, 3.8) is 0 Å². The lowest BCUT2D eigenvalue weighted by Gasteiger charge is -2.20. The van der Waals surface area contributed by atoms with Gasteiger partial charge in [-0.3, -0.25) is 4.79 Å². The molecule has 3 aromatic carbocycles. The highest BCUT2D eigenvalue weighted by atomic mass is 32.2. The maximum absolute atomic E-state index is 14.2. The van der Waals surface area contributed by atoms with E-state index in [1.165, 1.54) is 28.7 Å². The molecule has 0 aliphatic heterocycles. The number of halogens is 2. The molecule has 1 amide bonds. The molecule has 38 heavy (non-hydrogen) atoms. The molecule has 0 bridgehead atoms. The molecule has 7 heteroatoms. The Kier molecular flexibility index (Phi) is 12.0. The number of rotatable bonds is 10. The van der Waals surface area contributed by atoms with E-state index in [0.29, 0.717) is 17.5 Å². The molecule has 0 aliphatic rings. The molecule has 204 valence electrons. The Hall–Kier alpha value is -3.19. The van der Waals surface area contributed by atoms with Crippen LogP contribution in [-0.2, 0) is 27.8 Å². The lowest BCUT2D eigenvalue weighted by molar-refractivity contribution is -0.115. The number of hydrogen-bond donors (Lipinski definition) is 1. The summed E-state index contributed by atoms with van der Waals surface area (Å²) in [6.45, 7) is 10.4. The fraction of sp³-hybridized carbons (Fsp3) is 0.355. The number of benzene rings is 3. The van der Waals surface area contributed by atoms with E-state index < -0.39 is 11.2 Å². The number of anilines is 2. The first kappa shape index (κ1) is 31.0. The Morgan fingerprint density at radius 3 is 2.24 bits per heavy atom. The van der Waals surface area contributed by atoms with Gasteiger partial charge in [0.2, 0.25) is 5.91 Å². The second-order valence-electron chi connectivity index (χ2n) is 9.48. The summed E-state index contributed by atoms with van der Waals surface area (Å²) in [6.07, 6.45) is 1.88. The Morgan fingerprint density at radius 1 is 1.00 bits per heavy atom. The molecule has 0 saturated carbocycles. The van der Waals surface area contributed by atoms with Gasteiger partial charge in [0.15, 0.2) is 0 Å². The predicted molar refractivity (Wildman–Crippen MR) is 155 cm³/mol. The van der Waals surface area contributed by atoms with Gasteiger partial charge in [0, 0.05) is 40.8 Å². The molecular formula is C31H38F2N2O2S. The van der Waals surface area contributed by atoms with Gasteiger partial charge in [-0.1, -0.05) is 38.1 Å². The molecule has 0 fully saturated rings. The Labute approximate surface area is 229 Å². The number of hydrogen-bond acceptors (Lipinski definition) is 4. The number of aldehydes is 1. The summed E-state index contributed by atoms with van der Waals surface area (Å²) in [4.78, 5) is 26.4. The summed E-state index contributed by atoms with van der Waals surface area (Å²) >= 11 is 1.75. The van der Waals surface area contributed by atoms with Crippen LogP contribution in [0.3, 0.4) is 0 Å². The van der Waals surface area contributed by atoms with Gasteiger partial charge in [-0.15, -0.1) is 11.8 Å². The van der Waals surface area contributed by atoms with Crippen LogP contribution in [0.25, 0.3) is 0 Å². The van der Waals surface area contributed by atoms with Gasteiger partial charge < -0.3 is 15.0 Å². The third kappa shape index (κ3) is 8.98. The van der Waals surface area contributed by atoms with E-state index in [1.54, 1.807) is 37.7 Å². The van der Waals surface area contributed by atoms with Crippen molar-refractivity contribution >= 4 is 35.3 Å². The van der Waals surface area contributed by atoms with Crippen molar-refractivity contribution < 1.29 is 18.4 Å². The van der Waals surface area contributed by atoms with Crippen LogP contribution in [-0.4, -0.2) is 31.5 Å². The van der Waals surface area contributed by atoms with Crippen LogP contribution in [0, 0.1) is 11.6 Å². The maximum Gasteiger partial charge on any atom is 0.228 e. The minimum absolute atomic E-state index is 0.160. The Bertz CT molecular complexity index is 1210. The molecule has 0 unspecified atom stereocenters. The van der Waals surface area contributed by atoms with E-state index >= 15 is 0 Å². The molecule has 0 saturated heterocycles. The highest BCUT2D eigenvalue weighted by molar-refractivity contribution is 7.99. The minimum atomic E-state index is -0.898. The van der Waals surface area contributed by atoms with Crippen LogP contribution in [0.15, 0.2) is 65.6 Å². The first-order valence-corrected chi connectivity index (χ1v) is 13.8. The first-order valence-electron chi connectivity index (χ1n) is 12.8. The van der Waals surface area contributed by atoms with E-state index in [2.05, 4.69) is 31.0 Å². The normalized spacial score (nSPS) is 10.8. The topological polar surface area (TPSA) is 49.4 Å². The van der Waals surface area contributed by atoms with Crippen molar-refractivity contribution in [2.75, 3.05) is 29.6 Å². The second kappa shape index (κ2) is 14.7. The SMILES string of the molecule is CCSc1ccc(CC(=O)Nc2ccc(C(C)(C)C=O)c(F)c2)cc1.CCc1ccc(F)cc1N(C)CC. The number of nitrogens with zero attached hydrogens (tertiary/aromatic N) is 1. The molecule has 0 radical (unpaired) electrons. The monoisotopic (exact) mass is 540 g/mol. The third-order valence-electron chi connectivity index (χ3n) is 6.15. The number of amides is 1. The second-order valence-corrected chi connectivity index (χ2v) is 10.8. The molecule has 0 atom stereocenters. The predicted octanol–water partition coefficient (Wildman–Crippen LogP) is 7.44. The largest absolute Gasteiger partial charge is 0.375 e. The lowest BCUT2D eigenvalue weighted by Crippen LogP contribution is -2.21. The average Bonchev–Trinajstić information content (AvgIpc) is 2.89. The van der Waals surface area contributed by atoms with Crippen LogP contribution < -0.4 is 10.2 Å². The van der Waals surface area contributed by atoms with E-state index in [0.717, 1.165) is 30.0 Å². The zero-order chi connectivity index (χ0) is 28.3. The van der Waals surface area contributed by atoms with Crippen molar-refractivity contribution in [2.45, 2.75) is 57.8 Å². The quantitative estimate of drug-likeness (QED) is 0.214. The highest BCUT2D eigenvalue weighted by Gasteiger charge is 2.23. The molecule has 1 N–H and O–H groups in total. The summed E-state index contributed by atoms with van der Waals surface area (Å²) in [5, 5.41) is 2.70. The first-order chi connectivity index (χ1) is 18.0. The average molecular weight is 541 g/mol. The van der Waals surface area contributed by atoms with Crippen molar-refractivity contribution in [3.05, 3.63) is 89.0 Å².